The van der Waals surface area contributed by atoms with E-state index in [2.05, 4.69) is 6.58 Å². The predicted octanol–water partition coefficient (Wildman–Crippen LogP) is 4.21. The minimum absolute atomic E-state index is 0.270. The summed E-state index contributed by atoms with van der Waals surface area (Å²) < 4.78 is 3.52. The van der Waals surface area contributed by atoms with Crippen molar-refractivity contribution in [3.8, 4) is 5.69 Å². The number of aromatic nitrogens is 2. The van der Waals surface area contributed by atoms with E-state index in [4.69, 9.17) is 0 Å². The van der Waals surface area contributed by atoms with Gasteiger partial charge in [-0.1, -0.05) is 49.1 Å². The molecule has 4 nitrogen and oxygen atoms in total. The Morgan fingerprint density at radius 2 is 1.85 bits per heavy atom. The van der Waals surface area contributed by atoms with Crippen LogP contribution in [-0.4, -0.2) is 9.13 Å². The van der Waals surface area contributed by atoms with E-state index in [1.165, 1.54) is 15.9 Å². The van der Waals surface area contributed by atoms with Gasteiger partial charge >= 0.3 is 5.69 Å². The van der Waals surface area contributed by atoms with Crippen molar-refractivity contribution in [1.29, 1.82) is 0 Å². The van der Waals surface area contributed by atoms with Gasteiger partial charge in [-0.2, -0.15) is 0 Å². The standard InChI is InChI=1S/C22H18N2O2S/c1-3-16-7-9-17(10-8-16)14-23-19-11-12-27-20(19)21(25)24(22(23)26)18-6-4-5-15(2)13-18/h3-13H,1,14H2,2H3. The van der Waals surface area contributed by atoms with Crippen LogP contribution in [-0.2, 0) is 6.54 Å². The van der Waals surface area contributed by atoms with Crippen LogP contribution in [0.2, 0.25) is 0 Å². The van der Waals surface area contributed by atoms with Crippen LogP contribution in [0, 0.1) is 6.92 Å². The van der Waals surface area contributed by atoms with Gasteiger partial charge in [0.05, 0.1) is 17.7 Å². The van der Waals surface area contributed by atoms with Gasteiger partial charge in [0.25, 0.3) is 5.56 Å². The summed E-state index contributed by atoms with van der Waals surface area (Å²) in [6, 6.07) is 17.2. The smallest absolute Gasteiger partial charge is 0.288 e. The summed E-state index contributed by atoms with van der Waals surface area (Å²) in [6.45, 7) is 6.10. The molecule has 2 aromatic carbocycles. The fraction of sp³-hybridized carbons (Fsp3) is 0.0909. The molecule has 4 rings (SSSR count). The average molecular weight is 374 g/mol. The molecule has 0 saturated heterocycles. The first-order chi connectivity index (χ1) is 13.1. The Kier molecular flexibility index (Phi) is 4.38. The molecule has 0 radical (unpaired) electrons. The van der Waals surface area contributed by atoms with Crippen LogP contribution < -0.4 is 11.2 Å². The average Bonchev–Trinajstić information content (AvgIpc) is 3.16. The minimum atomic E-state index is -0.329. The zero-order chi connectivity index (χ0) is 19.0. The van der Waals surface area contributed by atoms with Gasteiger partial charge in [0.15, 0.2) is 0 Å². The second-order valence-electron chi connectivity index (χ2n) is 6.43. The van der Waals surface area contributed by atoms with E-state index in [0.717, 1.165) is 16.7 Å². The van der Waals surface area contributed by atoms with E-state index < -0.39 is 0 Å². The van der Waals surface area contributed by atoms with E-state index in [-0.39, 0.29) is 11.2 Å². The van der Waals surface area contributed by atoms with Crippen molar-refractivity contribution in [2.24, 2.45) is 0 Å². The Balaban J connectivity index is 1.94. The molecule has 0 amide bonds. The van der Waals surface area contributed by atoms with Gasteiger partial charge in [-0.05, 0) is 47.2 Å². The van der Waals surface area contributed by atoms with Gasteiger partial charge in [-0.25, -0.2) is 9.36 Å². The SMILES string of the molecule is C=Cc1ccc(Cn2c(=O)n(-c3cccc(C)c3)c(=O)c3sccc32)cc1. The highest BCUT2D eigenvalue weighted by atomic mass is 32.1. The topological polar surface area (TPSA) is 44.0 Å². The van der Waals surface area contributed by atoms with Crippen LogP contribution in [0.1, 0.15) is 16.7 Å². The lowest BCUT2D eigenvalue weighted by atomic mass is 10.1. The molecule has 134 valence electrons. The Bertz CT molecular complexity index is 1260. The second-order valence-corrected chi connectivity index (χ2v) is 7.35. The van der Waals surface area contributed by atoms with E-state index in [9.17, 15) is 9.59 Å². The molecule has 2 aromatic heterocycles. The molecule has 0 spiro atoms. The zero-order valence-electron chi connectivity index (χ0n) is 14.9. The van der Waals surface area contributed by atoms with Crippen molar-refractivity contribution in [2.75, 3.05) is 0 Å². The number of fused-ring (bicyclic) bond motifs is 1. The van der Waals surface area contributed by atoms with Gasteiger partial charge < -0.3 is 0 Å². The van der Waals surface area contributed by atoms with E-state index in [1.54, 1.807) is 16.7 Å². The second kappa shape index (κ2) is 6.85. The summed E-state index contributed by atoms with van der Waals surface area (Å²) in [5.74, 6) is 0. The molecule has 2 heterocycles. The largest absolute Gasteiger partial charge is 0.336 e. The van der Waals surface area contributed by atoms with Gasteiger partial charge in [0.1, 0.15) is 4.70 Å². The third-order valence-electron chi connectivity index (χ3n) is 4.57. The van der Waals surface area contributed by atoms with Crippen molar-refractivity contribution >= 4 is 27.6 Å². The van der Waals surface area contributed by atoms with Gasteiger partial charge in [-0.3, -0.25) is 9.36 Å². The molecule has 27 heavy (non-hydrogen) atoms. The van der Waals surface area contributed by atoms with Crippen molar-refractivity contribution < 1.29 is 0 Å². The number of benzene rings is 2. The molecule has 0 aliphatic carbocycles. The molecule has 0 aliphatic rings. The predicted molar refractivity (Wildman–Crippen MR) is 112 cm³/mol. The summed E-state index contributed by atoms with van der Waals surface area (Å²) in [5.41, 5.74) is 3.68. The van der Waals surface area contributed by atoms with Crippen LogP contribution in [0.15, 0.2) is 76.1 Å². The minimum Gasteiger partial charge on any atom is -0.288 e. The van der Waals surface area contributed by atoms with Gasteiger partial charge in [-0.15, -0.1) is 11.3 Å². The van der Waals surface area contributed by atoms with Crippen LogP contribution in [0.25, 0.3) is 22.0 Å². The fourth-order valence-electron chi connectivity index (χ4n) is 3.18. The molecule has 0 unspecified atom stereocenters. The maximum atomic E-state index is 13.3. The monoisotopic (exact) mass is 374 g/mol. The van der Waals surface area contributed by atoms with Crippen LogP contribution in [0.3, 0.4) is 0 Å². The lowest BCUT2D eigenvalue weighted by molar-refractivity contribution is 0.716. The first-order valence-corrected chi connectivity index (χ1v) is 9.48. The molecule has 4 aromatic rings. The maximum Gasteiger partial charge on any atom is 0.336 e. The fourth-order valence-corrected chi connectivity index (χ4v) is 4.00. The van der Waals surface area contributed by atoms with Gasteiger partial charge in [0, 0.05) is 0 Å². The summed E-state index contributed by atoms with van der Waals surface area (Å²) in [6.07, 6.45) is 1.78. The van der Waals surface area contributed by atoms with Crippen molar-refractivity contribution in [2.45, 2.75) is 13.5 Å². The van der Waals surface area contributed by atoms with Crippen molar-refractivity contribution in [3.63, 3.8) is 0 Å². The summed E-state index contributed by atoms with van der Waals surface area (Å²) >= 11 is 1.36. The molecule has 0 atom stereocenters. The molecule has 0 N–H and O–H groups in total. The number of aryl methyl sites for hydroxylation is 1. The first kappa shape index (κ1) is 17.2. The first-order valence-electron chi connectivity index (χ1n) is 8.60. The molecule has 0 fully saturated rings. The zero-order valence-corrected chi connectivity index (χ0v) is 15.7. The third-order valence-corrected chi connectivity index (χ3v) is 5.46. The molecule has 0 bridgehead atoms. The number of nitrogens with zero attached hydrogens (tertiary/aromatic N) is 2. The van der Waals surface area contributed by atoms with Crippen molar-refractivity contribution in [1.82, 2.24) is 9.13 Å². The molecule has 5 heteroatoms. The Labute approximate surface area is 160 Å². The highest BCUT2D eigenvalue weighted by Crippen LogP contribution is 2.18. The molecule has 0 aliphatic heterocycles. The van der Waals surface area contributed by atoms with E-state index in [1.807, 2.05) is 60.8 Å². The van der Waals surface area contributed by atoms with Crippen LogP contribution in [0.5, 0.6) is 0 Å². The maximum absolute atomic E-state index is 13.3. The number of hydrogen-bond donors (Lipinski definition) is 0. The number of hydrogen-bond acceptors (Lipinski definition) is 3. The third kappa shape index (κ3) is 3.06. The summed E-state index contributed by atoms with van der Waals surface area (Å²) in [5, 5.41) is 1.85. The lowest BCUT2D eigenvalue weighted by Gasteiger charge is -2.13. The van der Waals surface area contributed by atoms with E-state index in [0.29, 0.717) is 22.4 Å². The summed E-state index contributed by atoms with van der Waals surface area (Å²) in [7, 11) is 0. The van der Waals surface area contributed by atoms with Gasteiger partial charge in [0.2, 0.25) is 0 Å². The van der Waals surface area contributed by atoms with Crippen molar-refractivity contribution in [3.05, 3.63) is 104 Å². The lowest BCUT2D eigenvalue weighted by Crippen LogP contribution is -2.38. The van der Waals surface area contributed by atoms with Crippen LogP contribution >= 0.6 is 11.3 Å². The van der Waals surface area contributed by atoms with E-state index >= 15 is 0 Å². The summed E-state index contributed by atoms with van der Waals surface area (Å²) in [4.78, 5) is 26.2. The Hall–Kier alpha value is -3.18. The Morgan fingerprint density at radius 3 is 2.56 bits per heavy atom. The highest BCUT2D eigenvalue weighted by Gasteiger charge is 2.16. The molecular formula is C22H18N2O2S. The number of rotatable bonds is 4. The highest BCUT2D eigenvalue weighted by molar-refractivity contribution is 7.17. The molecule has 0 saturated carbocycles. The number of thiophene rings is 1. The quantitative estimate of drug-likeness (QED) is 0.537. The Morgan fingerprint density at radius 1 is 1.07 bits per heavy atom. The molecular weight excluding hydrogens is 356 g/mol. The van der Waals surface area contributed by atoms with Crippen LogP contribution in [0.4, 0.5) is 0 Å². The normalized spacial score (nSPS) is 11.0.